The minimum atomic E-state index is -0.375. The molecule has 0 saturated heterocycles. The Morgan fingerprint density at radius 3 is 2.86 bits per heavy atom. The average Bonchev–Trinajstić information content (AvgIpc) is 2.85. The van der Waals surface area contributed by atoms with Gasteiger partial charge in [0.05, 0.1) is 29.8 Å². The van der Waals surface area contributed by atoms with Gasteiger partial charge in [-0.1, -0.05) is 17.7 Å². The molecule has 7 heteroatoms. The van der Waals surface area contributed by atoms with Gasteiger partial charge >= 0.3 is 5.97 Å². The van der Waals surface area contributed by atoms with Gasteiger partial charge in [-0.15, -0.1) is 11.3 Å². The second-order valence-corrected chi connectivity index (χ2v) is 5.60. The van der Waals surface area contributed by atoms with E-state index in [1.54, 1.807) is 17.5 Å². The summed E-state index contributed by atoms with van der Waals surface area (Å²) in [5, 5.41) is 5.16. The number of carbonyl (C=O) groups is 2. The van der Waals surface area contributed by atoms with Gasteiger partial charge in [0.15, 0.2) is 5.13 Å². The molecule has 0 aliphatic rings. The summed E-state index contributed by atoms with van der Waals surface area (Å²) in [6.45, 7) is 1.90. The Morgan fingerprint density at radius 2 is 2.19 bits per heavy atom. The molecular formula is C14H13ClN2O3S. The lowest BCUT2D eigenvalue weighted by atomic mass is 10.1. The maximum absolute atomic E-state index is 12.1. The van der Waals surface area contributed by atoms with Crippen molar-refractivity contribution in [3.05, 3.63) is 45.4 Å². The molecule has 110 valence electrons. The first-order valence-electron chi connectivity index (χ1n) is 6.08. The van der Waals surface area contributed by atoms with E-state index >= 15 is 0 Å². The summed E-state index contributed by atoms with van der Waals surface area (Å²) in [5.41, 5.74) is 1.91. The lowest BCUT2D eigenvalue weighted by Gasteiger charge is -2.04. The topological polar surface area (TPSA) is 68.3 Å². The van der Waals surface area contributed by atoms with Crippen molar-refractivity contribution in [3.8, 4) is 0 Å². The summed E-state index contributed by atoms with van der Waals surface area (Å²) in [4.78, 5) is 27.4. The molecule has 2 rings (SSSR count). The molecule has 1 amide bonds. The van der Waals surface area contributed by atoms with Crippen molar-refractivity contribution in [1.82, 2.24) is 4.98 Å². The molecule has 2 aromatic rings. The maximum Gasteiger partial charge on any atom is 0.311 e. The second kappa shape index (κ2) is 6.69. The van der Waals surface area contributed by atoms with Gasteiger partial charge in [0.1, 0.15) is 0 Å². The number of anilines is 1. The molecule has 1 aromatic heterocycles. The molecule has 0 unspecified atom stereocenters. The first kappa shape index (κ1) is 15.5. The van der Waals surface area contributed by atoms with Crippen molar-refractivity contribution in [2.45, 2.75) is 13.3 Å². The van der Waals surface area contributed by atoms with Crippen molar-refractivity contribution in [2.75, 3.05) is 12.4 Å². The zero-order valence-electron chi connectivity index (χ0n) is 11.5. The Kier molecular flexibility index (Phi) is 4.93. The van der Waals surface area contributed by atoms with Crippen molar-refractivity contribution in [3.63, 3.8) is 0 Å². The Labute approximate surface area is 130 Å². The van der Waals surface area contributed by atoms with Crippen LogP contribution in [0.1, 0.15) is 21.6 Å². The number of nitrogens with zero attached hydrogens (tertiary/aromatic N) is 1. The number of aromatic nitrogens is 1. The molecule has 1 heterocycles. The zero-order valence-corrected chi connectivity index (χ0v) is 13.0. The van der Waals surface area contributed by atoms with Crippen LogP contribution in [0.4, 0.5) is 5.13 Å². The van der Waals surface area contributed by atoms with Gasteiger partial charge in [-0.3, -0.25) is 14.9 Å². The van der Waals surface area contributed by atoms with Crippen LogP contribution in [0.25, 0.3) is 0 Å². The van der Waals surface area contributed by atoms with Crippen LogP contribution in [0.2, 0.25) is 5.02 Å². The average molecular weight is 325 g/mol. The van der Waals surface area contributed by atoms with Crippen LogP contribution in [0.5, 0.6) is 0 Å². The normalized spacial score (nSPS) is 10.2. The number of hydrogen-bond donors (Lipinski definition) is 1. The third-order valence-electron chi connectivity index (χ3n) is 2.69. The van der Waals surface area contributed by atoms with Gasteiger partial charge in [-0.05, 0) is 24.6 Å². The standard InChI is InChI=1S/C14H13ClN2O3S/c1-8-3-4-10(11(15)5-8)13(19)17-14-16-9(7-21-14)6-12(18)20-2/h3-5,7H,6H2,1-2H3,(H,16,17,19). The molecule has 0 bridgehead atoms. The minimum absolute atomic E-state index is 0.0775. The fourth-order valence-corrected chi connectivity index (χ4v) is 2.66. The SMILES string of the molecule is COC(=O)Cc1csc(NC(=O)c2ccc(C)cc2Cl)n1. The van der Waals surface area contributed by atoms with Crippen molar-refractivity contribution >= 4 is 39.9 Å². The van der Waals surface area contributed by atoms with Crippen LogP contribution >= 0.6 is 22.9 Å². The molecule has 0 aliphatic carbocycles. The number of methoxy groups -OCH3 is 1. The summed E-state index contributed by atoms with van der Waals surface area (Å²) in [6, 6.07) is 5.20. The van der Waals surface area contributed by atoms with Crippen LogP contribution in [0, 0.1) is 6.92 Å². The highest BCUT2D eigenvalue weighted by atomic mass is 35.5. The predicted molar refractivity (Wildman–Crippen MR) is 82.0 cm³/mol. The van der Waals surface area contributed by atoms with Gasteiger partial charge in [0.2, 0.25) is 0 Å². The van der Waals surface area contributed by atoms with E-state index in [4.69, 9.17) is 11.6 Å². The predicted octanol–water partition coefficient (Wildman–Crippen LogP) is 3.07. The van der Waals surface area contributed by atoms with Crippen LogP contribution in [0.3, 0.4) is 0 Å². The Morgan fingerprint density at radius 1 is 1.43 bits per heavy atom. The molecule has 1 aromatic carbocycles. The number of esters is 1. The fourth-order valence-electron chi connectivity index (χ4n) is 1.63. The van der Waals surface area contributed by atoms with E-state index in [1.165, 1.54) is 18.4 Å². The zero-order chi connectivity index (χ0) is 15.4. The number of amides is 1. The lowest BCUT2D eigenvalue weighted by molar-refractivity contribution is -0.139. The second-order valence-electron chi connectivity index (χ2n) is 4.33. The van der Waals surface area contributed by atoms with Gasteiger partial charge in [0, 0.05) is 5.38 Å². The highest BCUT2D eigenvalue weighted by Crippen LogP contribution is 2.21. The summed E-state index contributed by atoms with van der Waals surface area (Å²) in [6.07, 6.45) is 0.0775. The minimum Gasteiger partial charge on any atom is -0.469 e. The van der Waals surface area contributed by atoms with Crippen molar-refractivity contribution < 1.29 is 14.3 Å². The summed E-state index contributed by atoms with van der Waals surface area (Å²) in [7, 11) is 1.32. The smallest absolute Gasteiger partial charge is 0.311 e. The third-order valence-corrected chi connectivity index (χ3v) is 3.81. The third kappa shape index (κ3) is 4.03. The van der Waals surface area contributed by atoms with Crippen molar-refractivity contribution in [1.29, 1.82) is 0 Å². The first-order chi connectivity index (χ1) is 9.99. The molecular weight excluding hydrogens is 312 g/mol. The monoisotopic (exact) mass is 324 g/mol. The molecule has 0 aliphatic heterocycles. The maximum atomic E-state index is 12.1. The summed E-state index contributed by atoms with van der Waals surface area (Å²) in [5.74, 6) is -0.710. The summed E-state index contributed by atoms with van der Waals surface area (Å²) >= 11 is 7.28. The number of ether oxygens (including phenoxy) is 1. The Bertz CT molecular complexity index is 685. The molecule has 0 saturated carbocycles. The van der Waals surface area contributed by atoms with Gasteiger partial charge in [-0.2, -0.15) is 0 Å². The Hall–Kier alpha value is -1.92. The number of carbonyl (C=O) groups excluding carboxylic acids is 2. The number of nitrogens with one attached hydrogen (secondary N) is 1. The number of aryl methyl sites for hydroxylation is 1. The molecule has 1 N–H and O–H groups in total. The highest BCUT2D eigenvalue weighted by Gasteiger charge is 2.13. The fraction of sp³-hybridized carbons (Fsp3) is 0.214. The van der Waals surface area contributed by atoms with Crippen LogP contribution < -0.4 is 5.32 Å². The number of thiazole rings is 1. The molecule has 5 nitrogen and oxygen atoms in total. The summed E-state index contributed by atoms with van der Waals surface area (Å²) < 4.78 is 4.56. The first-order valence-corrected chi connectivity index (χ1v) is 7.34. The van der Waals surface area contributed by atoms with E-state index in [-0.39, 0.29) is 18.3 Å². The van der Waals surface area contributed by atoms with E-state index in [0.29, 0.717) is 21.4 Å². The molecule has 0 radical (unpaired) electrons. The highest BCUT2D eigenvalue weighted by molar-refractivity contribution is 7.14. The lowest BCUT2D eigenvalue weighted by Crippen LogP contribution is -2.12. The van der Waals surface area contributed by atoms with E-state index in [1.807, 2.05) is 13.0 Å². The van der Waals surface area contributed by atoms with Crippen LogP contribution in [-0.4, -0.2) is 24.0 Å². The number of halogens is 1. The Balaban J connectivity index is 2.07. The van der Waals surface area contributed by atoms with Crippen LogP contribution in [-0.2, 0) is 16.0 Å². The van der Waals surface area contributed by atoms with E-state index in [2.05, 4.69) is 15.0 Å². The van der Waals surface area contributed by atoms with Crippen LogP contribution in [0.15, 0.2) is 23.6 Å². The van der Waals surface area contributed by atoms with Gasteiger partial charge < -0.3 is 4.74 Å². The molecule has 0 fully saturated rings. The quantitative estimate of drug-likeness (QED) is 0.878. The van der Waals surface area contributed by atoms with Crippen molar-refractivity contribution in [2.24, 2.45) is 0 Å². The molecule has 0 spiro atoms. The van der Waals surface area contributed by atoms with E-state index in [9.17, 15) is 9.59 Å². The van der Waals surface area contributed by atoms with Gasteiger partial charge in [0.25, 0.3) is 5.91 Å². The molecule has 0 atom stereocenters. The number of rotatable bonds is 4. The number of benzene rings is 1. The largest absolute Gasteiger partial charge is 0.469 e. The molecule has 21 heavy (non-hydrogen) atoms. The van der Waals surface area contributed by atoms with Gasteiger partial charge in [-0.25, -0.2) is 4.98 Å². The van der Waals surface area contributed by atoms with E-state index in [0.717, 1.165) is 5.56 Å². The number of hydrogen-bond acceptors (Lipinski definition) is 5. The van der Waals surface area contributed by atoms with E-state index < -0.39 is 0 Å².